The first-order valence-corrected chi connectivity index (χ1v) is 20.2. The molecule has 0 aromatic carbocycles. The largest absolute Gasteiger partial charge is 0.376 e. The summed E-state index contributed by atoms with van der Waals surface area (Å²) in [5.41, 5.74) is 3.20. The molecule has 11 unspecified atom stereocenters. The van der Waals surface area contributed by atoms with Gasteiger partial charge in [-0.2, -0.15) is 0 Å². The van der Waals surface area contributed by atoms with Crippen LogP contribution in [0.1, 0.15) is 66.2 Å². The Hall–Kier alpha value is -1.42. The van der Waals surface area contributed by atoms with Crippen molar-refractivity contribution in [2.45, 2.75) is 108 Å². The van der Waals surface area contributed by atoms with Gasteiger partial charge < -0.3 is 4.74 Å². The summed E-state index contributed by atoms with van der Waals surface area (Å²) in [5.74, 6) is 5.23. The maximum absolute atomic E-state index is 5.96. The molecular formula is C38H57NOSi. The molecule has 0 spiro atoms. The highest BCUT2D eigenvalue weighted by Gasteiger charge is 2.65. The third kappa shape index (κ3) is 5.53. The van der Waals surface area contributed by atoms with Gasteiger partial charge in [0.25, 0.3) is 0 Å². The zero-order chi connectivity index (χ0) is 28.9. The standard InChI is InChI=1S/C38H57NOSi/c1-26-21-22-33-32(24-26)35-36(39(33)5)30-19-13-14-20-31(30)37(35)41(6,7)34-25-27(28-17-11-12-18-29(28)34)16-10-8-9-15-23-40-38(2,3)4/h11-14,17-22,24,27-37H,8-10,15-16,23,25H2,1-7H3. The van der Waals surface area contributed by atoms with Crippen molar-refractivity contribution in [3.8, 4) is 0 Å². The molecule has 2 saturated carbocycles. The fraction of sp³-hybridized carbons (Fsp3) is 0.684. The summed E-state index contributed by atoms with van der Waals surface area (Å²) in [6.07, 6.45) is 35.7. The molecule has 0 bridgehead atoms. The third-order valence-electron chi connectivity index (χ3n) is 12.2. The second-order valence-corrected chi connectivity index (χ2v) is 21.1. The third-order valence-corrected chi connectivity index (χ3v) is 17.3. The van der Waals surface area contributed by atoms with E-state index < -0.39 is 8.07 Å². The van der Waals surface area contributed by atoms with E-state index in [0.717, 1.165) is 47.3 Å². The van der Waals surface area contributed by atoms with Crippen LogP contribution in [0.15, 0.2) is 72.4 Å². The minimum atomic E-state index is -1.66. The van der Waals surface area contributed by atoms with Gasteiger partial charge in [-0.1, -0.05) is 105 Å². The molecule has 224 valence electrons. The van der Waals surface area contributed by atoms with E-state index in [1.165, 1.54) is 44.1 Å². The molecule has 0 radical (unpaired) electrons. The van der Waals surface area contributed by atoms with Gasteiger partial charge in [0.2, 0.25) is 0 Å². The number of ether oxygens (including phenoxy) is 1. The van der Waals surface area contributed by atoms with Crippen LogP contribution >= 0.6 is 0 Å². The van der Waals surface area contributed by atoms with Crippen LogP contribution in [0.2, 0.25) is 24.2 Å². The highest BCUT2D eigenvalue weighted by atomic mass is 28.3. The first-order chi connectivity index (χ1) is 19.6. The quantitative estimate of drug-likeness (QED) is 0.202. The summed E-state index contributed by atoms with van der Waals surface area (Å²) in [7, 11) is 0.778. The van der Waals surface area contributed by atoms with E-state index in [4.69, 9.17) is 4.74 Å². The molecule has 2 nitrogen and oxygen atoms in total. The maximum atomic E-state index is 5.96. The summed E-state index contributed by atoms with van der Waals surface area (Å²) in [6, 6.07) is 1.26. The first-order valence-electron chi connectivity index (χ1n) is 17.0. The summed E-state index contributed by atoms with van der Waals surface area (Å²) in [6.45, 7) is 15.4. The van der Waals surface area contributed by atoms with Crippen molar-refractivity contribution in [1.29, 1.82) is 0 Å². The Morgan fingerprint density at radius 1 is 0.829 bits per heavy atom. The molecule has 1 heterocycles. The SMILES string of the molecule is CC1=CC2C3C(C4C=CC=CC4C3[Si](C)(C)C3CC(CCCCCCOC(C)(C)C)C4C=CC=CC43)N(C)C2C=C1. The van der Waals surface area contributed by atoms with E-state index in [2.05, 4.69) is 120 Å². The molecule has 6 rings (SSSR count). The van der Waals surface area contributed by atoms with Crippen LogP contribution in [0.5, 0.6) is 0 Å². The lowest BCUT2D eigenvalue weighted by Crippen LogP contribution is -2.46. The average Bonchev–Trinajstić information content (AvgIpc) is 3.57. The van der Waals surface area contributed by atoms with Gasteiger partial charge in [0.05, 0.1) is 13.7 Å². The molecule has 0 aromatic heterocycles. The predicted octanol–water partition coefficient (Wildman–Crippen LogP) is 9.38. The second kappa shape index (κ2) is 11.6. The Kier molecular flexibility index (Phi) is 8.37. The average molecular weight is 572 g/mol. The number of rotatable bonds is 9. The van der Waals surface area contributed by atoms with Gasteiger partial charge >= 0.3 is 0 Å². The summed E-state index contributed by atoms with van der Waals surface area (Å²) in [5, 5.41) is 0. The molecule has 41 heavy (non-hydrogen) atoms. The fourth-order valence-corrected chi connectivity index (χ4v) is 16.1. The van der Waals surface area contributed by atoms with Gasteiger partial charge in [0.15, 0.2) is 0 Å². The highest BCUT2D eigenvalue weighted by Crippen LogP contribution is 2.66. The molecule has 3 fully saturated rings. The van der Waals surface area contributed by atoms with Gasteiger partial charge in [0, 0.05) is 24.6 Å². The summed E-state index contributed by atoms with van der Waals surface area (Å²) < 4.78 is 5.96. The second-order valence-electron chi connectivity index (χ2n) is 16.0. The topological polar surface area (TPSA) is 12.5 Å². The lowest BCUT2D eigenvalue weighted by atomic mass is 9.82. The van der Waals surface area contributed by atoms with Crippen molar-refractivity contribution < 1.29 is 4.74 Å². The van der Waals surface area contributed by atoms with Crippen molar-refractivity contribution in [2.75, 3.05) is 13.7 Å². The number of nitrogens with zero attached hydrogens (tertiary/aromatic N) is 1. The van der Waals surface area contributed by atoms with E-state index in [1.807, 2.05) is 0 Å². The van der Waals surface area contributed by atoms with E-state index in [-0.39, 0.29) is 5.60 Å². The molecule has 6 aliphatic rings. The number of unbranched alkanes of at least 4 members (excludes halogenated alkanes) is 3. The smallest absolute Gasteiger partial charge is 0.0598 e. The van der Waals surface area contributed by atoms with Crippen LogP contribution in [0.25, 0.3) is 0 Å². The maximum Gasteiger partial charge on any atom is 0.0598 e. The van der Waals surface area contributed by atoms with Crippen LogP contribution in [0.4, 0.5) is 0 Å². The van der Waals surface area contributed by atoms with Crippen molar-refractivity contribution in [1.82, 2.24) is 4.90 Å². The van der Waals surface area contributed by atoms with Crippen molar-refractivity contribution in [3.63, 3.8) is 0 Å². The van der Waals surface area contributed by atoms with Crippen LogP contribution in [0, 0.1) is 41.4 Å². The van der Waals surface area contributed by atoms with E-state index >= 15 is 0 Å². The lowest BCUT2D eigenvalue weighted by molar-refractivity contribution is -0.00477. The molecule has 1 saturated heterocycles. The van der Waals surface area contributed by atoms with Gasteiger partial charge in [-0.15, -0.1) is 0 Å². The number of hydrogen-bond donors (Lipinski definition) is 0. The Bertz CT molecular complexity index is 1130. The summed E-state index contributed by atoms with van der Waals surface area (Å²) in [4.78, 5) is 2.79. The molecule has 0 amide bonds. The van der Waals surface area contributed by atoms with Gasteiger partial charge in [-0.3, -0.25) is 4.90 Å². The number of fused-ring (bicyclic) bond motifs is 6. The van der Waals surface area contributed by atoms with Crippen LogP contribution in [-0.4, -0.2) is 44.3 Å². The fourth-order valence-electron chi connectivity index (χ4n) is 10.6. The number of hydrogen-bond acceptors (Lipinski definition) is 2. The molecule has 5 aliphatic carbocycles. The first kappa shape index (κ1) is 29.6. The van der Waals surface area contributed by atoms with E-state index in [1.54, 1.807) is 0 Å². The van der Waals surface area contributed by atoms with Gasteiger partial charge in [-0.25, -0.2) is 0 Å². The van der Waals surface area contributed by atoms with Crippen molar-refractivity contribution in [2.24, 2.45) is 41.4 Å². The predicted molar refractivity (Wildman–Crippen MR) is 178 cm³/mol. The van der Waals surface area contributed by atoms with Crippen LogP contribution in [0.3, 0.4) is 0 Å². The molecule has 3 heteroatoms. The van der Waals surface area contributed by atoms with E-state index in [9.17, 15) is 0 Å². The molecule has 11 atom stereocenters. The molecule has 0 aromatic rings. The minimum Gasteiger partial charge on any atom is -0.376 e. The molecule has 1 aliphatic heterocycles. The van der Waals surface area contributed by atoms with Crippen molar-refractivity contribution in [3.05, 3.63) is 72.4 Å². The minimum absolute atomic E-state index is 0.00785. The highest BCUT2D eigenvalue weighted by molar-refractivity contribution is 6.80. The Labute approximate surface area is 252 Å². The van der Waals surface area contributed by atoms with E-state index in [0.29, 0.717) is 23.9 Å². The van der Waals surface area contributed by atoms with Crippen LogP contribution in [-0.2, 0) is 4.74 Å². The normalized spacial score (nSPS) is 41.0. The van der Waals surface area contributed by atoms with Gasteiger partial charge in [0.1, 0.15) is 0 Å². The Morgan fingerprint density at radius 3 is 2.22 bits per heavy atom. The number of allylic oxidation sites excluding steroid dienone is 9. The lowest BCUT2D eigenvalue weighted by Gasteiger charge is -2.45. The monoisotopic (exact) mass is 571 g/mol. The van der Waals surface area contributed by atoms with Crippen molar-refractivity contribution >= 4 is 8.07 Å². The van der Waals surface area contributed by atoms with Gasteiger partial charge in [-0.05, 0) is 101 Å². The Balaban J connectivity index is 1.19. The Morgan fingerprint density at radius 2 is 1.49 bits per heavy atom. The molecule has 0 N–H and O–H groups in total. The number of likely N-dealkylation sites (N-methyl/N-ethyl adjacent to an activating group) is 1. The number of likely N-dealkylation sites (tertiary alicyclic amines) is 1. The zero-order valence-corrected chi connectivity index (χ0v) is 28.0. The molecular weight excluding hydrogens is 515 g/mol. The van der Waals surface area contributed by atoms with Crippen LogP contribution < -0.4 is 0 Å². The summed E-state index contributed by atoms with van der Waals surface area (Å²) >= 11 is 0. The zero-order valence-electron chi connectivity index (χ0n) is 27.0.